The molecule has 1 saturated heterocycles. The van der Waals surface area contributed by atoms with Crippen molar-refractivity contribution in [1.29, 1.82) is 0 Å². The molecule has 2 rings (SSSR count). The average Bonchev–Trinajstić information content (AvgIpc) is 3.29. The second kappa shape index (κ2) is 6.90. The van der Waals surface area contributed by atoms with E-state index < -0.39 is 5.60 Å². The Balaban J connectivity index is 1.79. The number of nitrogens with zero attached hydrogens (tertiary/aromatic N) is 1. The number of hydrogen-bond donors (Lipinski definition) is 2. The summed E-state index contributed by atoms with van der Waals surface area (Å²) in [6, 6.07) is 0. The summed E-state index contributed by atoms with van der Waals surface area (Å²) in [7, 11) is 0. The molecule has 1 aliphatic carbocycles. The van der Waals surface area contributed by atoms with Crippen LogP contribution in [-0.4, -0.2) is 47.7 Å². The van der Waals surface area contributed by atoms with Gasteiger partial charge in [-0.05, 0) is 51.0 Å². The van der Waals surface area contributed by atoms with Gasteiger partial charge in [-0.25, -0.2) is 0 Å². The highest BCUT2D eigenvalue weighted by Crippen LogP contribution is 2.28. The molecule has 1 heterocycles. The second-order valence-electron chi connectivity index (χ2n) is 6.69. The van der Waals surface area contributed by atoms with E-state index in [0.717, 1.165) is 51.2 Å². The predicted octanol–water partition coefficient (Wildman–Crippen LogP) is 1.78. The fourth-order valence-corrected chi connectivity index (χ4v) is 3.01. The van der Waals surface area contributed by atoms with E-state index in [1.807, 2.05) is 13.8 Å². The molecule has 0 spiro atoms. The van der Waals surface area contributed by atoms with Crippen molar-refractivity contribution in [2.75, 3.05) is 26.2 Å². The van der Waals surface area contributed by atoms with Gasteiger partial charge in [-0.3, -0.25) is 9.69 Å². The SMILES string of the molecule is CCC(O)(CC)CN1CCCC(C(=O)NCC2CC2)C1. The van der Waals surface area contributed by atoms with Gasteiger partial charge in [0.1, 0.15) is 0 Å². The van der Waals surface area contributed by atoms with E-state index in [1.165, 1.54) is 12.8 Å². The molecule has 0 aromatic rings. The largest absolute Gasteiger partial charge is 0.389 e. The van der Waals surface area contributed by atoms with Crippen LogP contribution in [0.1, 0.15) is 52.4 Å². The summed E-state index contributed by atoms with van der Waals surface area (Å²) in [6.07, 6.45) is 6.15. The molecule has 0 bridgehead atoms. The monoisotopic (exact) mass is 282 g/mol. The zero-order valence-corrected chi connectivity index (χ0v) is 13.0. The summed E-state index contributed by atoms with van der Waals surface area (Å²) < 4.78 is 0. The van der Waals surface area contributed by atoms with E-state index >= 15 is 0 Å². The minimum absolute atomic E-state index is 0.112. The van der Waals surface area contributed by atoms with Gasteiger partial charge >= 0.3 is 0 Å². The first-order valence-electron chi connectivity index (χ1n) is 8.28. The zero-order valence-electron chi connectivity index (χ0n) is 13.0. The van der Waals surface area contributed by atoms with Crippen LogP contribution in [0.4, 0.5) is 0 Å². The number of carbonyl (C=O) groups excluding carboxylic acids is 1. The molecule has 1 unspecified atom stereocenters. The molecule has 0 aromatic carbocycles. The fourth-order valence-electron chi connectivity index (χ4n) is 3.01. The van der Waals surface area contributed by atoms with Crippen molar-refractivity contribution in [1.82, 2.24) is 10.2 Å². The summed E-state index contributed by atoms with van der Waals surface area (Å²) >= 11 is 0. The molecule has 116 valence electrons. The molecule has 1 atom stereocenters. The van der Waals surface area contributed by atoms with Crippen molar-refractivity contribution in [2.45, 2.75) is 58.0 Å². The van der Waals surface area contributed by atoms with Gasteiger partial charge in [-0.1, -0.05) is 13.8 Å². The second-order valence-corrected chi connectivity index (χ2v) is 6.69. The Labute approximate surface area is 122 Å². The number of carbonyl (C=O) groups is 1. The van der Waals surface area contributed by atoms with E-state index in [1.54, 1.807) is 0 Å². The third-order valence-corrected chi connectivity index (χ3v) is 4.97. The highest BCUT2D eigenvalue weighted by molar-refractivity contribution is 5.79. The molecular weight excluding hydrogens is 252 g/mol. The molecule has 0 aromatic heterocycles. The minimum atomic E-state index is -0.591. The number of amides is 1. The molecule has 2 fully saturated rings. The van der Waals surface area contributed by atoms with Gasteiger partial charge in [0.05, 0.1) is 11.5 Å². The molecule has 1 aliphatic heterocycles. The Morgan fingerprint density at radius 3 is 2.60 bits per heavy atom. The van der Waals surface area contributed by atoms with Crippen LogP contribution >= 0.6 is 0 Å². The highest BCUT2D eigenvalue weighted by Gasteiger charge is 2.31. The van der Waals surface area contributed by atoms with Crippen LogP contribution in [-0.2, 0) is 4.79 Å². The highest BCUT2D eigenvalue weighted by atomic mass is 16.3. The van der Waals surface area contributed by atoms with Crippen molar-refractivity contribution < 1.29 is 9.90 Å². The van der Waals surface area contributed by atoms with Crippen molar-refractivity contribution >= 4 is 5.91 Å². The molecule has 1 saturated carbocycles. The molecule has 0 radical (unpaired) electrons. The van der Waals surface area contributed by atoms with Crippen LogP contribution in [0.15, 0.2) is 0 Å². The van der Waals surface area contributed by atoms with Gasteiger partial charge < -0.3 is 10.4 Å². The number of aliphatic hydroxyl groups is 1. The van der Waals surface area contributed by atoms with Gasteiger partial charge in [0.25, 0.3) is 0 Å². The lowest BCUT2D eigenvalue weighted by molar-refractivity contribution is -0.127. The number of piperidine rings is 1. The Kier molecular flexibility index (Phi) is 5.44. The van der Waals surface area contributed by atoms with E-state index in [-0.39, 0.29) is 11.8 Å². The van der Waals surface area contributed by atoms with E-state index in [9.17, 15) is 9.90 Å². The van der Waals surface area contributed by atoms with Crippen LogP contribution in [0.2, 0.25) is 0 Å². The lowest BCUT2D eigenvalue weighted by Gasteiger charge is -2.37. The maximum absolute atomic E-state index is 12.2. The zero-order chi connectivity index (χ0) is 14.6. The molecule has 2 N–H and O–H groups in total. The lowest BCUT2D eigenvalue weighted by Crippen LogP contribution is -2.49. The molecule has 4 heteroatoms. The number of likely N-dealkylation sites (tertiary alicyclic amines) is 1. The number of β-amino-alcohol motifs (C(OH)–C–C–N with tert-alkyl or cyclic N) is 1. The third kappa shape index (κ3) is 4.45. The molecule has 4 nitrogen and oxygen atoms in total. The Hall–Kier alpha value is -0.610. The van der Waals surface area contributed by atoms with Gasteiger partial charge in [0, 0.05) is 19.6 Å². The summed E-state index contributed by atoms with van der Waals surface area (Å²) in [5.41, 5.74) is -0.591. The summed E-state index contributed by atoms with van der Waals surface area (Å²) in [5, 5.41) is 13.5. The van der Waals surface area contributed by atoms with Gasteiger partial charge in [0.15, 0.2) is 0 Å². The van der Waals surface area contributed by atoms with Crippen LogP contribution < -0.4 is 5.32 Å². The Bertz CT molecular complexity index is 324. The topological polar surface area (TPSA) is 52.6 Å². The fraction of sp³-hybridized carbons (Fsp3) is 0.938. The normalized spacial score (nSPS) is 24.6. The van der Waals surface area contributed by atoms with Crippen molar-refractivity contribution in [3.63, 3.8) is 0 Å². The number of hydrogen-bond acceptors (Lipinski definition) is 3. The molecule has 2 aliphatic rings. The van der Waals surface area contributed by atoms with E-state index in [4.69, 9.17) is 0 Å². The van der Waals surface area contributed by atoms with Crippen LogP contribution in [0.5, 0.6) is 0 Å². The standard InChI is InChI=1S/C16H30N2O2/c1-3-16(20,4-2)12-18-9-5-6-14(11-18)15(19)17-10-13-7-8-13/h13-14,20H,3-12H2,1-2H3,(H,17,19). The number of rotatable bonds is 7. The van der Waals surface area contributed by atoms with E-state index in [2.05, 4.69) is 10.2 Å². The van der Waals surface area contributed by atoms with Crippen LogP contribution in [0.3, 0.4) is 0 Å². The summed E-state index contributed by atoms with van der Waals surface area (Å²) in [5.74, 6) is 1.07. The average molecular weight is 282 g/mol. The first-order chi connectivity index (χ1) is 9.56. The van der Waals surface area contributed by atoms with Gasteiger partial charge in [-0.2, -0.15) is 0 Å². The molecular formula is C16H30N2O2. The summed E-state index contributed by atoms with van der Waals surface area (Å²) in [4.78, 5) is 14.5. The van der Waals surface area contributed by atoms with Crippen molar-refractivity contribution in [2.24, 2.45) is 11.8 Å². The van der Waals surface area contributed by atoms with Gasteiger partial charge in [0.2, 0.25) is 5.91 Å². The maximum atomic E-state index is 12.2. The van der Waals surface area contributed by atoms with Crippen LogP contribution in [0.25, 0.3) is 0 Å². The van der Waals surface area contributed by atoms with E-state index in [0.29, 0.717) is 6.54 Å². The Morgan fingerprint density at radius 2 is 2.00 bits per heavy atom. The molecule has 20 heavy (non-hydrogen) atoms. The third-order valence-electron chi connectivity index (χ3n) is 4.97. The van der Waals surface area contributed by atoms with Gasteiger partial charge in [-0.15, -0.1) is 0 Å². The minimum Gasteiger partial charge on any atom is -0.389 e. The lowest BCUT2D eigenvalue weighted by atomic mass is 9.92. The smallest absolute Gasteiger partial charge is 0.224 e. The maximum Gasteiger partial charge on any atom is 0.224 e. The predicted molar refractivity (Wildman–Crippen MR) is 80.4 cm³/mol. The number of nitrogens with one attached hydrogen (secondary N) is 1. The molecule has 1 amide bonds. The first kappa shape index (κ1) is 15.8. The Morgan fingerprint density at radius 1 is 1.30 bits per heavy atom. The van der Waals surface area contributed by atoms with Crippen molar-refractivity contribution in [3.05, 3.63) is 0 Å². The van der Waals surface area contributed by atoms with Crippen molar-refractivity contribution in [3.8, 4) is 0 Å². The van der Waals surface area contributed by atoms with Crippen LogP contribution in [0, 0.1) is 11.8 Å². The summed E-state index contributed by atoms with van der Waals surface area (Å²) in [6.45, 7) is 7.45. The quantitative estimate of drug-likeness (QED) is 0.748. The first-order valence-corrected chi connectivity index (χ1v) is 8.28.